The number of nitrogens with one attached hydrogen (secondary N) is 2. The molecular weight excluding hydrogens is 450 g/mol. The van der Waals surface area contributed by atoms with Crippen molar-refractivity contribution in [3.05, 3.63) is 11.9 Å². The van der Waals surface area contributed by atoms with E-state index < -0.39 is 0 Å². The average Bonchev–Trinajstić information content (AvgIpc) is 3.29. The zero-order valence-corrected chi connectivity index (χ0v) is 21.9. The molecule has 10 heteroatoms. The number of hydrogen-bond donors (Lipinski definition) is 2. The molecule has 10 nitrogen and oxygen atoms in total. The molecule has 0 saturated carbocycles. The fourth-order valence-electron chi connectivity index (χ4n) is 3.23. The van der Waals surface area contributed by atoms with E-state index >= 15 is 0 Å². The minimum atomic E-state index is -0.101. The standard InChI is InChI=1S/C25H45N5O5/c1-4-5-6-8-13-26-25(33)20-35-18-17-34-16-14-27-24(32)10-7-9-15-30-19-22(28-29-30)11-12-23(31)21(2)3/h19,21H,4-18,20H2,1-3H3,(H,26,33)(H,27,32). The van der Waals surface area contributed by atoms with Gasteiger partial charge in [-0.1, -0.05) is 45.2 Å². The highest BCUT2D eigenvalue weighted by molar-refractivity contribution is 5.80. The average molecular weight is 496 g/mol. The molecule has 1 aromatic rings. The summed E-state index contributed by atoms with van der Waals surface area (Å²) in [5.41, 5.74) is 0.822. The fraction of sp³-hybridized carbons (Fsp3) is 0.800. The van der Waals surface area contributed by atoms with Crippen LogP contribution in [0.25, 0.3) is 0 Å². The van der Waals surface area contributed by atoms with Crippen molar-refractivity contribution in [1.29, 1.82) is 0 Å². The number of rotatable bonds is 22. The molecule has 0 spiro atoms. The highest BCUT2D eigenvalue weighted by atomic mass is 16.5. The molecule has 0 unspecified atom stereocenters. The van der Waals surface area contributed by atoms with Crippen LogP contribution in [-0.2, 0) is 36.8 Å². The van der Waals surface area contributed by atoms with Crippen molar-refractivity contribution < 1.29 is 23.9 Å². The second-order valence-corrected chi connectivity index (χ2v) is 8.98. The number of unbranched alkanes of at least 4 members (excludes halogenated alkanes) is 4. The summed E-state index contributed by atoms with van der Waals surface area (Å²) in [5, 5.41) is 13.9. The van der Waals surface area contributed by atoms with Gasteiger partial charge in [-0.15, -0.1) is 5.10 Å². The molecule has 0 radical (unpaired) electrons. The number of Topliss-reactive ketones (excluding diaryl/α,β-unsaturated/α-hetero) is 1. The first-order valence-corrected chi connectivity index (χ1v) is 13.0. The van der Waals surface area contributed by atoms with E-state index in [-0.39, 0.29) is 30.1 Å². The lowest BCUT2D eigenvalue weighted by Gasteiger charge is -2.08. The van der Waals surface area contributed by atoms with Gasteiger partial charge in [0.2, 0.25) is 11.8 Å². The maximum Gasteiger partial charge on any atom is 0.245 e. The molecule has 2 N–H and O–H groups in total. The Bertz CT molecular complexity index is 723. The summed E-state index contributed by atoms with van der Waals surface area (Å²) in [5.74, 6) is 0.172. The SMILES string of the molecule is CCCCCCNC(=O)COCCOCCNC(=O)CCCCn1cc(CCC(=O)C(C)C)nn1. The summed E-state index contributed by atoms with van der Waals surface area (Å²) in [6.45, 7) is 8.96. The van der Waals surface area contributed by atoms with Crippen LogP contribution in [0, 0.1) is 5.92 Å². The van der Waals surface area contributed by atoms with E-state index in [1.807, 2.05) is 20.0 Å². The monoisotopic (exact) mass is 495 g/mol. The summed E-state index contributed by atoms with van der Waals surface area (Å²) in [4.78, 5) is 35.2. The van der Waals surface area contributed by atoms with Gasteiger partial charge in [0, 0.05) is 51.0 Å². The van der Waals surface area contributed by atoms with Crippen molar-refractivity contribution in [2.45, 2.75) is 85.1 Å². The molecule has 0 saturated heterocycles. The quantitative estimate of drug-likeness (QED) is 0.237. The van der Waals surface area contributed by atoms with Crippen LogP contribution in [0.3, 0.4) is 0 Å². The maximum atomic E-state index is 11.9. The first-order valence-electron chi connectivity index (χ1n) is 13.0. The van der Waals surface area contributed by atoms with Gasteiger partial charge in [0.15, 0.2) is 0 Å². The van der Waals surface area contributed by atoms with Gasteiger partial charge in [0.1, 0.15) is 12.4 Å². The zero-order chi connectivity index (χ0) is 25.7. The largest absolute Gasteiger partial charge is 0.377 e. The van der Waals surface area contributed by atoms with Crippen LogP contribution in [0.15, 0.2) is 6.20 Å². The molecule has 0 aliphatic rings. The first kappa shape index (κ1) is 30.7. The van der Waals surface area contributed by atoms with E-state index in [2.05, 4.69) is 27.9 Å². The first-order chi connectivity index (χ1) is 16.9. The number of ketones is 1. The molecule has 1 rings (SSSR count). The summed E-state index contributed by atoms with van der Waals surface area (Å²) < 4.78 is 12.5. The second kappa shape index (κ2) is 19.9. The predicted octanol–water partition coefficient (Wildman–Crippen LogP) is 2.45. The number of aromatic nitrogens is 3. The smallest absolute Gasteiger partial charge is 0.245 e. The molecule has 2 amide bonds. The van der Waals surface area contributed by atoms with Crippen LogP contribution in [0.1, 0.15) is 77.8 Å². The molecule has 0 aromatic carbocycles. The van der Waals surface area contributed by atoms with Gasteiger partial charge in [0.05, 0.1) is 25.5 Å². The molecule has 1 heterocycles. The highest BCUT2D eigenvalue weighted by Gasteiger charge is 2.09. The molecule has 0 atom stereocenters. The third-order valence-electron chi connectivity index (χ3n) is 5.42. The van der Waals surface area contributed by atoms with Crippen LogP contribution < -0.4 is 10.6 Å². The molecule has 0 fully saturated rings. The topological polar surface area (TPSA) is 124 Å². The molecule has 0 bridgehead atoms. The van der Waals surface area contributed by atoms with E-state index in [0.29, 0.717) is 58.7 Å². The van der Waals surface area contributed by atoms with Gasteiger partial charge in [-0.05, 0) is 19.3 Å². The Morgan fingerprint density at radius 1 is 0.914 bits per heavy atom. The molecular formula is C25H45N5O5. The Hall–Kier alpha value is -2.33. The zero-order valence-electron chi connectivity index (χ0n) is 21.9. The number of aryl methyl sites for hydroxylation is 2. The molecule has 0 aliphatic carbocycles. The van der Waals surface area contributed by atoms with E-state index in [9.17, 15) is 14.4 Å². The van der Waals surface area contributed by atoms with Crippen LogP contribution in [-0.4, -0.2) is 72.1 Å². The van der Waals surface area contributed by atoms with E-state index in [1.54, 1.807) is 4.68 Å². The Balaban J connectivity index is 1.93. The van der Waals surface area contributed by atoms with Crippen molar-refractivity contribution in [3.63, 3.8) is 0 Å². The number of ether oxygens (including phenoxy) is 2. The van der Waals surface area contributed by atoms with E-state index in [0.717, 1.165) is 31.4 Å². The Kier molecular flexibility index (Phi) is 17.5. The van der Waals surface area contributed by atoms with Crippen molar-refractivity contribution in [2.75, 3.05) is 39.5 Å². The maximum absolute atomic E-state index is 11.9. The fourth-order valence-corrected chi connectivity index (χ4v) is 3.23. The Labute approximate surface area is 209 Å². The van der Waals surface area contributed by atoms with Crippen molar-refractivity contribution >= 4 is 17.6 Å². The number of carbonyl (C=O) groups is 3. The van der Waals surface area contributed by atoms with Gasteiger partial charge in [-0.2, -0.15) is 0 Å². The third-order valence-corrected chi connectivity index (χ3v) is 5.42. The Morgan fingerprint density at radius 2 is 1.69 bits per heavy atom. The van der Waals surface area contributed by atoms with Crippen molar-refractivity contribution in [2.24, 2.45) is 5.92 Å². The number of hydrogen-bond acceptors (Lipinski definition) is 7. The third kappa shape index (κ3) is 16.9. The lowest BCUT2D eigenvalue weighted by molar-refractivity contribution is -0.126. The number of carbonyl (C=O) groups excluding carboxylic acids is 3. The molecule has 1 aromatic heterocycles. The summed E-state index contributed by atoms with van der Waals surface area (Å²) in [6.07, 6.45) is 9.50. The van der Waals surface area contributed by atoms with Crippen LogP contribution in [0.2, 0.25) is 0 Å². The minimum absolute atomic E-state index is 0.00747. The number of nitrogens with zero attached hydrogens (tertiary/aromatic N) is 3. The van der Waals surface area contributed by atoms with Crippen molar-refractivity contribution in [1.82, 2.24) is 25.6 Å². The summed E-state index contributed by atoms with van der Waals surface area (Å²) in [7, 11) is 0. The Morgan fingerprint density at radius 3 is 2.46 bits per heavy atom. The van der Waals surface area contributed by atoms with Gasteiger partial charge in [-0.25, -0.2) is 0 Å². The lowest BCUT2D eigenvalue weighted by atomic mass is 10.0. The molecule has 0 aliphatic heterocycles. The van der Waals surface area contributed by atoms with Crippen LogP contribution >= 0.6 is 0 Å². The normalized spacial score (nSPS) is 11.1. The summed E-state index contributed by atoms with van der Waals surface area (Å²) >= 11 is 0. The number of amides is 2. The molecule has 200 valence electrons. The molecule has 35 heavy (non-hydrogen) atoms. The van der Waals surface area contributed by atoms with Crippen LogP contribution in [0.5, 0.6) is 0 Å². The van der Waals surface area contributed by atoms with Gasteiger partial charge < -0.3 is 20.1 Å². The van der Waals surface area contributed by atoms with E-state index in [1.165, 1.54) is 12.8 Å². The predicted molar refractivity (Wildman–Crippen MR) is 134 cm³/mol. The van der Waals surface area contributed by atoms with Crippen molar-refractivity contribution in [3.8, 4) is 0 Å². The van der Waals surface area contributed by atoms with Gasteiger partial charge in [-0.3, -0.25) is 19.1 Å². The van der Waals surface area contributed by atoms with Crippen LogP contribution in [0.4, 0.5) is 0 Å². The highest BCUT2D eigenvalue weighted by Crippen LogP contribution is 2.05. The minimum Gasteiger partial charge on any atom is -0.377 e. The lowest BCUT2D eigenvalue weighted by Crippen LogP contribution is -2.29. The van der Waals surface area contributed by atoms with E-state index in [4.69, 9.17) is 9.47 Å². The summed E-state index contributed by atoms with van der Waals surface area (Å²) in [6, 6.07) is 0. The van der Waals surface area contributed by atoms with Gasteiger partial charge >= 0.3 is 0 Å². The van der Waals surface area contributed by atoms with Gasteiger partial charge in [0.25, 0.3) is 0 Å². The second-order valence-electron chi connectivity index (χ2n) is 8.98.